The van der Waals surface area contributed by atoms with Gasteiger partial charge in [0.25, 0.3) is 5.89 Å². The highest BCUT2D eigenvalue weighted by molar-refractivity contribution is 7.20. The number of aryl methyl sites for hydroxylation is 1. The molecule has 0 aliphatic carbocycles. The van der Waals surface area contributed by atoms with Gasteiger partial charge in [0.15, 0.2) is 6.61 Å². The second-order valence-electron chi connectivity index (χ2n) is 6.09. The van der Waals surface area contributed by atoms with Crippen LogP contribution in [0.5, 0.6) is 0 Å². The summed E-state index contributed by atoms with van der Waals surface area (Å²) in [7, 11) is 0. The molecule has 2 heterocycles. The molecule has 0 aliphatic rings. The highest BCUT2D eigenvalue weighted by atomic mass is 35.5. The van der Waals surface area contributed by atoms with Gasteiger partial charge in [-0.25, -0.2) is 4.79 Å². The number of rotatable bonds is 5. The molecule has 0 saturated heterocycles. The number of benzene rings is 2. The molecule has 2 aromatic heterocycles. The quantitative estimate of drug-likeness (QED) is 0.313. The normalized spacial score (nSPS) is 11.4. The molecule has 0 fully saturated rings. The first kappa shape index (κ1) is 18.4. The van der Waals surface area contributed by atoms with Gasteiger partial charge in [-0.3, -0.25) is 0 Å². The Hall–Kier alpha value is -2.96. The van der Waals surface area contributed by atoms with E-state index < -0.39 is 5.97 Å². The predicted molar refractivity (Wildman–Crippen MR) is 110 cm³/mol. The molecule has 0 bridgehead atoms. The summed E-state index contributed by atoms with van der Waals surface area (Å²) < 4.78 is 11.8. The fourth-order valence-electron chi connectivity index (χ4n) is 2.67. The first-order valence-corrected chi connectivity index (χ1v) is 9.71. The van der Waals surface area contributed by atoms with Crippen LogP contribution in [0.15, 0.2) is 59.0 Å². The van der Waals surface area contributed by atoms with E-state index in [0.717, 1.165) is 26.1 Å². The second kappa shape index (κ2) is 7.96. The van der Waals surface area contributed by atoms with Gasteiger partial charge in [-0.15, -0.1) is 21.5 Å². The highest BCUT2D eigenvalue weighted by Gasteiger charge is 2.11. The average molecular weight is 411 g/mol. The number of esters is 1. The van der Waals surface area contributed by atoms with Gasteiger partial charge >= 0.3 is 5.97 Å². The van der Waals surface area contributed by atoms with Crippen LogP contribution in [0.3, 0.4) is 0 Å². The van der Waals surface area contributed by atoms with Crippen molar-refractivity contribution in [1.29, 1.82) is 0 Å². The number of carbonyl (C=O) groups excluding carboxylic acids is 1. The van der Waals surface area contributed by atoms with Gasteiger partial charge in [-0.05, 0) is 31.2 Å². The van der Waals surface area contributed by atoms with Crippen LogP contribution >= 0.6 is 22.9 Å². The Labute approximate surface area is 170 Å². The van der Waals surface area contributed by atoms with Crippen molar-refractivity contribution < 1.29 is 13.9 Å². The van der Waals surface area contributed by atoms with E-state index in [1.54, 1.807) is 6.08 Å². The van der Waals surface area contributed by atoms with E-state index in [9.17, 15) is 4.79 Å². The Morgan fingerprint density at radius 2 is 2.07 bits per heavy atom. The summed E-state index contributed by atoms with van der Waals surface area (Å²) in [4.78, 5) is 12.8. The van der Waals surface area contributed by atoms with Crippen LogP contribution in [-0.2, 0) is 16.1 Å². The maximum Gasteiger partial charge on any atom is 0.331 e. The van der Waals surface area contributed by atoms with E-state index in [1.165, 1.54) is 17.4 Å². The number of halogens is 1. The number of hydrogen-bond acceptors (Lipinski definition) is 6. The van der Waals surface area contributed by atoms with E-state index in [4.69, 9.17) is 20.8 Å². The summed E-state index contributed by atoms with van der Waals surface area (Å²) in [6.45, 7) is 1.89. The Morgan fingerprint density at radius 3 is 2.89 bits per heavy atom. The highest BCUT2D eigenvalue weighted by Crippen LogP contribution is 2.35. The van der Waals surface area contributed by atoms with Crippen molar-refractivity contribution in [1.82, 2.24) is 10.2 Å². The molecule has 0 radical (unpaired) electrons. The zero-order valence-corrected chi connectivity index (χ0v) is 16.5. The minimum atomic E-state index is -0.510. The van der Waals surface area contributed by atoms with Gasteiger partial charge < -0.3 is 9.15 Å². The fraction of sp³-hybridized carbons (Fsp3) is 0.0952. The lowest BCUT2D eigenvalue weighted by Crippen LogP contribution is -2.00. The third kappa shape index (κ3) is 3.98. The third-order valence-corrected chi connectivity index (χ3v) is 5.66. The van der Waals surface area contributed by atoms with Crippen LogP contribution in [-0.4, -0.2) is 16.2 Å². The molecule has 28 heavy (non-hydrogen) atoms. The number of fused-ring (bicyclic) bond motifs is 1. The van der Waals surface area contributed by atoms with Crippen molar-refractivity contribution in [2.45, 2.75) is 13.5 Å². The molecule has 4 rings (SSSR count). The lowest BCUT2D eigenvalue weighted by Gasteiger charge is -1.98. The average Bonchev–Trinajstić information content (AvgIpc) is 3.30. The van der Waals surface area contributed by atoms with E-state index in [1.807, 2.05) is 55.5 Å². The second-order valence-corrected chi connectivity index (χ2v) is 7.55. The zero-order valence-electron chi connectivity index (χ0n) is 14.9. The maximum absolute atomic E-state index is 12.0. The summed E-state index contributed by atoms with van der Waals surface area (Å²) in [6, 6.07) is 15.5. The molecule has 7 heteroatoms. The summed E-state index contributed by atoms with van der Waals surface area (Å²) in [5.41, 5.74) is 1.91. The molecule has 140 valence electrons. The van der Waals surface area contributed by atoms with Crippen LogP contribution in [0.2, 0.25) is 5.02 Å². The topological polar surface area (TPSA) is 65.2 Å². The number of nitrogens with zero attached hydrogens (tertiary/aromatic N) is 2. The van der Waals surface area contributed by atoms with Crippen LogP contribution in [0.25, 0.3) is 27.6 Å². The summed E-state index contributed by atoms with van der Waals surface area (Å²) in [5.74, 6) is 0.115. The SMILES string of the molecule is Cc1cccc(-c2nnc(COC(=O)/C=C/c3sc4ccccc4c3Cl)o2)c1. The zero-order chi connectivity index (χ0) is 19.5. The van der Waals surface area contributed by atoms with E-state index in [-0.39, 0.29) is 12.5 Å². The van der Waals surface area contributed by atoms with Crippen LogP contribution in [0.4, 0.5) is 0 Å². The third-order valence-electron chi connectivity index (χ3n) is 4.00. The molecule has 5 nitrogen and oxygen atoms in total. The first-order chi connectivity index (χ1) is 13.6. The van der Waals surface area contributed by atoms with Crippen LogP contribution < -0.4 is 0 Å². The molecule has 0 saturated carbocycles. The van der Waals surface area contributed by atoms with Crippen molar-refractivity contribution in [3.8, 4) is 11.5 Å². The van der Waals surface area contributed by atoms with Crippen molar-refractivity contribution >= 4 is 45.1 Å². The van der Waals surface area contributed by atoms with E-state index >= 15 is 0 Å². The summed E-state index contributed by atoms with van der Waals surface area (Å²) in [6.07, 6.45) is 3.00. The van der Waals surface area contributed by atoms with Crippen molar-refractivity contribution in [3.63, 3.8) is 0 Å². The molecule has 2 aromatic carbocycles. The van der Waals surface area contributed by atoms with E-state index in [2.05, 4.69) is 10.2 Å². The number of carbonyl (C=O) groups is 1. The Bertz CT molecular complexity index is 1180. The minimum absolute atomic E-state index is 0.0951. The maximum atomic E-state index is 12.0. The molecular weight excluding hydrogens is 396 g/mol. The van der Waals surface area contributed by atoms with Crippen LogP contribution in [0, 0.1) is 6.92 Å². The molecular formula is C21H15ClN2O3S. The molecule has 0 unspecified atom stereocenters. The molecule has 0 amide bonds. The molecule has 0 atom stereocenters. The van der Waals surface area contributed by atoms with E-state index in [0.29, 0.717) is 10.9 Å². The molecule has 0 aliphatic heterocycles. The van der Waals surface area contributed by atoms with Gasteiger partial charge in [0.1, 0.15) is 0 Å². The number of hydrogen-bond donors (Lipinski definition) is 0. The monoisotopic (exact) mass is 410 g/mol. The molecule has 0 spiro atoms. The Morgan fingerprint density at radius 1 is 1.21 bits per heavy atom. The summed E-state index contributed by atoms with van der Waals surface area (Å²) in [5, 5.41) is 9.51. The van der Waals surface area contributed by atoms with Gasteiger partial charge in [0.05, 0.1) is 5.02 Å². The van der Waals surface area contributed by atoms with Crippen molar-refractivity contribution in [3.05, 3.63) is 76.0 Å². The largest absolute Gasteiger partial charge is 0.452 e. The number of ether oxygens (including phenoxy) is 1. The predicted octanol–water partition coefficient (Wildman–Crippen LogP) is 5.67. The standard InChI is InChI=1S/C21H15ClN2O3S/c1-13-5-4-6-14(11-13)21-24-23-18(27-21)12-26-19(25)10-9-17-20(22)15-7-2-3-8-16(15)28-17/h2-11H,12H2,1H3/b10-9+. The van der Waals surface area contributed by atoms with Gasteiger partial charge in [0, 0.05) is 26.6 Å². The summed E-state index contributed by atoms with van der Waals surface area (Å²) >= 11 is 7.87. The minimum Gasteiger partial charge on any atom is -0.452 e. The smallest absolute Gasteiger partial charge is 0.331 e. The lowest BCUT2D eigenvalue weighted by atomic mass is 10.1. The van der Waals surface area contributed by atoms with Crippen LogP contribution in [0.1, 0.15) is 16.3 Å². The fourth-order valence-corrected chi connectivity index (χ4v) is 4.07. The molecule has 0 N–H and O–H groups in total. The van der Waals surface area contributed by atoms with Gasteiger partial charge in [-0.2, -0.15) is 0 Å². The Kier molecular flexibility index (Phi) is 5.23. The first-order valence-electron chi connectivity index (χ1n) is 8.51. The van der Waals surface area contributed by atoms with Gasteiger partial charge in [0.2, 0.25) is 5.89 Å². The van der Waals surface area contributed by atoms with Gasteiger partial charge in [-0.1, -0.05) is 47.5 Å². The number of aromatic nitrogens is 2. The van der Waals surface area contributed by atoms with Crippen molar-refractivity contribution in [2.75, 3.05) is 0 Å². The number of thiophene rings is 1. The van der Waals surface area contributed by atoms with Crippen molar-refractivity contribution in [2.24, 2.45) is 0 Å². The Balaban J connectivity index is 1.39. The molecule has 4 aromatic rings. The lowest BCUT2D eigenvalue weighted by molar-refractivity contribution is -0.139.